The Bertz CT molecular complexity index is 1600. The van der Waals surface area contributed by atoms with Gasteiger partial charge in [0.1, 0.15) is 28.9 Å². The number of para-hydroxylation sites is 1. The molecule has 0 saturated heterocycles. The molecule has 0 amide bonds. The number of nitrogens with one attached hydrogen (secondary N) is 1. The summed E-state index contributed by atoms with van der Waals surface area (Å²) in [6, 6.07) is 11.4. The van der Waals surface area contributed by atoms with Crippen molar-refractivity contribution in [2.45, 2.75) is 47.6 Å². The lowest BCUT2D eigenvalue weighted by Gasteiger charge is -2.13. The number of rotatable bonds is 10. The van der Waals surface area contributed by atoms with Gasteiger partial charge in [-0.1, -0.05) is 38.6 Å². The molecule has 2 aromatic carbocycles. The fraction of sp³-hybridized carbons (Fsp3) is 0.290. The second kappa shape index (κ2) is 12.7. The van der Waals surface area contributed by atoms with Crippen LogP contribution in [0.3, 0.4) is 0 Å². The van der Waals surface area contributed by atoms with Gasteiger partial charge >= 0.3 is 0 Å². The quantitative estimate of drug-likeness (QED) is 0.124. The summed E-state index contributed by atoms with van der Waals surface area (Å²) in [5, 5.41) is 19.5. The molecular formula is C31H34F2N6O2. The Morgan fingerprint density at radius 1 is 1.15 bits per heavy atom. The zero-order valence-electron chi connectivity index (χ0n) is 23.9. The van der Waals surface area contributed by atoms with Gasteiger partial charge in [-0.05, 0) is 45.3 Å². The molecule has 0 aliphatic carbocycles. The molecule has 0 spiro atoms. The second-order valence-corrected chi connectivity index (χ2v) is 9.74. The van der Waals surface area contributed by atoms with Crippen molar-refractivity contribution in [3.05, 3.63) is 95.3 Å². The lowest BCUT2D eigenvalue weighted by atomic mass is 10.1. The van der Waals surface area contributed by atoms with Crippen LogP contribution in [-0.4, -0.2) is 37.3 Å². The molecule has 0 aliphatic rings. The number of aliphatic hydroxyl groups is 1. The molecule has 4 rings (SSSR count). The Balaban J connectivity index is 1.73. The topological polar surface area (TPSA) is 97.5 Å². The van der Waals surface area contributed by atoms with Gasteiger partial charge in [0, 0.05) is 34.8 Å². The fourth-order valence-corrected chi connectivity index (χ4v) is 4.29. The molecule has 10 heteroatoms. The highest BCUT2D eigenvalue weighted by atomic mass is 19.1. The van der Waals surface area contributed by atoms with Crippen molar-refractivity contribution in [1.29, 1.82) is 0 Å². The summed E-state index contributed by atoms with van der Waals surface area (Å²) < 4.78 is 36.6. The monoisotopic (exact) mass is 560 g/mol. The largest absolute Gasteiger partial charge is 0.504 e. The van der Waals surface area contributed by atoms with Crippen molar-refractivity contribution in [2.75, 3.05) is 6.61 Å². The van der Waals surface area contributed by atoms with Gasteiger partial charge in [-0.3, -0.25) is 4.68 Å². The number of fused-ring (bicyclic) bond motifs is 1. The summed E-state index contributed by atoms with van der Waals surface area (Å²) in [6.45, 7) is 13.6. The number of allylic oxidation sites excluding steroid dienone is 1. The van der Waals surface area contributed by atoms with Crippen molar-refractivity contribution in [1.82, 2.24) is 25.1 Å². The van der Waals surface area contributed by atoms with E-state index in [4.69, 9.17) is 4.74 Å². The molecule has 2 heterocycles. The van der Waals surface area contributed by atoms with Gasteiger partial charge < -0.3 is 15.2 Å². The van der Waals surface area contributed by atoms with Crippen molar-refractivity contribution in [3.63, 3.8) is 0 Å². The number of nitrogens with zero attached hydrogens (tertiary/aromatic N) is 5. The third-order valence-electron chi connectivity index (χ3n) is 6.45. The van der Waals surface area contributed by atoms with Crippen LogP contribution in [0.1, 0.15) is 50.0 Å². The van der Waals surface area contributed by atoms with Crippen molar-refractivity contribution >= 4 is 28.3 Å². The highest BCUT2D eigenvalue weighted by Gasteiger charge is 2.19. The predicted octanol–water partition coefficient (Wildman–Crippen LogP) is 6.95. The first-order chi connectivity index (χ1) is 19.6. The average Bonchev–Trinajstić information content (AvgIpc) is 3.28. The molecule has 0 bridgehead atoms. The van der Waals surface area contributed by atoms with Crippen molar-refractivity contribution in [2.24, 2.45) is 10.9 Å². The Kier molecular flexibility index (Phi) is 9.11. The maximum atomic E-state index is 14.9. The SMILES string of the molecule is C=C(NC(=Nc1cc(C)nc(C)n1)/C(O)=C\C(C)CC)c1nn(Cc2c(F)cc(OCC)cc2F)c2ccccc12. The van der Waals surface area contributed by atoms with E-state index in [9.17, 15) is 13.9 Å². The highest BCUT2D eigenvalue weighted by Crippen LogP contribution is 2.27. The number of aryl methyl sites for hydroxylation is 2. The second-order valence-electron chi connectivity index (χ2n) is 9.74. The molecule has 1 atom stereocenters. The van der Waals surface area contributed by atoms with Gasteiger partial charge in [0.15, 0.2) is 17.4 Å². The van der Waals surface area contributed by atoms with Crippen LogP contribution in [-0.2, 0) is 6.54 Å². The first-order valence-electron chi connectivity index (χ1n) is 13.4. The number of amidine groups is 1. The van der Waals surface area contributed by atoms with Gasteiger partial charge in [0.25, 0.3) is 0 Å². The van der Waals surface area contributed by atoms with Crippen LogP contribution in [0.4, 0.5) is 14.6 Å². The number of aliphatic hydroxyl groups excluding tert-OH is 1. The van der Waals surface area contributed by atoms with Gasteiger partial charge in [-0.2, -0.15) is 5.10 Å². The molecule has 0 aliphatic heterocycles. The standard InChI is InChI=1S/C31H34F2N6O2/c1-7-18(3)13-28(40)31(37-29-14-19(4)34-21(6)36-29)35-20(5)30-23-11-9-10-12-27(23)39(38-30)17-24-25(32)15-22(41-8-2)16-26(24)33/h9-16,18,40H,5,7-8,17H2,1-4,6H3,(H,34,35,36,37)/b28-13+. The minimum Gasteiger partial charge on any atom is -0.504 e. The molecule has 8 nitrogen and oxygen atoms in total. The van der Waals surface area contributed by atoms with Crippen molar-refractivity contribution in [3.8, 4) is 5.75 Å². The first-order valence-corrected chi connectivity index (χ1v) is 13.4. The molecule has 41 heavy (non-hydrogen) atoms. The number of hydrogen-bond donors (Lipinski definition) is 2. The summed E-state index contributed by atoms with van der Waals surface area (Å²) in [7, 11) is 0. The number of ether oxygens (including phenoxy) is 1. The van der Waals surface area contributed by atoms with Gasteiger partial charge in [0.2, 0.25) is 0 Å². The van der Waals surface area contributed by atoms with E-state index in [2.05, 4.69) is 32.0 Å². The summed E-state index contributed by atoms with van der Waals surface area (Å²) in [5.74, 6) is -0.263. The zero-order chi connectivity index (χ0) is 29.7. The molecule has 2 aromatic heterocycles. The Morgan fingerprint density at radius 2 is 1.85 bits per heavy atom. The van der Waals surface area contributed by atoms with Crippen LogP contribution in [0.15, 0.2) is 65.9 Å². The Morgan fingerprint density at radius 3 is 2.51 bits per heavy atom. The lowest BCUT2D eigenvalue weighted by molar-refractivity contribution is 0.335. The van der Waals surface area contributed by atoms with Crippen LogP contribution >= 0.6 is 0 Å². The molecule has 0 radical (unpaired) electrons. The van der Waals surface area contributed by atoms with Gasteiger partial charge in [-0.15, -0.1) is 0 Å². The molecule has 1 unspecified atom stereocenters. The average molecular weight is 561 g/mol. The highest BCUT2D eigenvalue weighted by molar-refractivity contribution is 6.04. The predicted molar refractivity (Wildman–Crippen MR) is 157 cm³/mol. The van der Waals surface area contributed by atoms with E-state index in [1.54, 1.807) is 26.0 Å². The van der Waals surface area contributed by atoms with E-state index in [1.165, 1.54) is 16.8 Å². The Labute approximate surface area is 238 Å². The minimum atomic E-state index is -0.725. The molecule has 2 N–H and O–H groups in total. The minimum absolute atomic E-state index is 0.0725. The maximum absolute atomic E-state index is 14.9. The van der Waals surface area contributed by atoms with Crippen LogP contribution in [0.5, 0.6) is 5.75 Å². The van der Waals surface area contributed by atoms with Gasteiger partial charge in [-0.25, -0.2) is 23.7 Å². The molecule has 214 valence electrons. The van der Waals surface area contributed by atoms with E-state index in [0.717, 1.165) is 12.1 Å². The first kappa shape index (κ1) is 29.4. The number of halogens is 2. The summed E-state index contributed by atoms with van der Waals surface area (Å²) in [6.07, 6.45) is 2.52. The lowest BCUT2D eigenvalue weighted by Crippen LogP contribution is -2.24. The van der Waals surface area contributed by atoms with Gasteiger partial charge in [0.05, 0.1) is 24.4 Å². The number of hydrogen-bond acceptors (Lipinski definition) is 6. The fourth-order valence-electron chi connectivity index (χ4n) is 4.29. The molecule has 4 aromatic rings. The van der Waals surface area contributed by atoms with Crippen molar-refractivity contribution < 1.29 is 18.6 Å². The van der Waals surface area contributed by atoms with E-state index in [0.29, 0.717) is 40.5 Å². The van der Waals surface area contributed by atoms with Crippen LogP contribution in [0, 0.1) is 31.4 Å². The third kappa shape index (κ3) is 6.95. The third-order valence-corrected chi connectivity index (χ3v) is 6.45. The van der Waals surface area contributed by atoms with E-state index >= 15 is 0 Å². The summed E-state index contributed by atoms with van der Waals surface area (Å²) >= 11 is 0. The maximum Gasteiger partial charge on any atom is 0.174 e. The number of aromatic nitrogens is 4. The number of aliphatic imine (C=N–C) groups is 1. The van der Waals surface area contributed by atoms with Crippen LogP contribution in [0.2, 0.25) is 0 Å². The summed E-state index contributed by atoms with van der Waals surface area (Å²) in [4.78, 5) is 13.2. The van der Waals surface area contributed by atoms with Crippen LogP contribution < -0.4 is 10.1 Å². The van der Waals surface area contributed by atoms with E-state index < -0.39 is 11.6 Å². The summed E-state index contributed by atoms with van der Waals surface area (Å²) in [5.41, 5.74) is 2.01. The van der Waals surface area contributed by atoms with Crippen LogP contribution in [0.25, 0.3) is 16.6 Å². The van der Waals surface area contributed by atoms with E-state index in [1.807, 2.05) is 45.0 Å². The zero-order valence-corrected chi connectivity index (χ0v) is 23.9. The molecular weight excluding hydrogens is 526 g/mol. The number of benzene rings is 2. The smallest absolute Gasteiger partial charge is 0.174 e. The normalized spacial score (nSPS) is 13.0. The molecule has 0 saturated carbocycles. The Hall–Kier alpha value is -4.60. The molecule has 0 fully saturated rings. The van der Waals surface area contributed by atoms with E-state index in [-0.39, 0.29) is 35.4 Å².